The third-order valence-electron chi connectivity index (χ3n) is 1.73. The van der Waals surface area contributed by atoms with Crippen LogP contribution in [0.5, 0.6) is 11.5 Å². The van der Waals surface area contributed by atoms with Crippen LogP contribution in [0.4, 0.5) is 5.69 Å². The molecule has 0 radical (unpaired) electrons. The Balaban J connectivity index is 0.00000144. The van der Waals surface area contributed by atoms with E-state index in [0.29, 0.717) is 4.48 Å². The molecule has 0 aliphatic heterocycles. The maximum Gasteiger partial charge on any atom is 0.163 e. The zero-order valence-corrected chi connectivity index (χ0v) is 9.54. The van der Waals surface area contributed by atoms with Crippen LogP contribution in [0.3, 0.4) is 0 Å². The van der Waals surface area contributed by atoms with Crippen molar-refractivity contribution in [3.8, 4) is 11.5 Å². The molecule has 0 aromatic heterocycles. The van der Waals surface area contributed by atoms with Gasteiger partial charge in [0.05, 0.1) is 21.1 Å². The van der Waals surface area contributed by atoms with Crippen molar-refractivity contribution >= 4 is 5.69 Å². The molecule has 0 aliphatic rings. The second-order valence-corrected chi connectivity index (χ2v) is 3.69. The van der Waals surface area contributed by atoms with Crippen molar-refractivity contribution in [2.75, 3.05) is 21.1 Å². The number of aromatic hydroxyl groups is 2. The molecule has 74 valence electrons. The summed E-state index contributed by atoms with van der Waals surface area (Å²) >= 11 is 0. The number of hydrogen-bond acceptors (Lipinski definition) is 2. The van der Waals surface area contributed by atoms with E-state index in [9.17, 15) is 5.11 Å². The molecule has 13 heavy (non-hydrogen) atoms. The molecule has 0 saturated heterocycles. The standard InChI is InChI=1S/C9H13NO2.BrH/c1-10(2,3)7-4-5-8(11)9(12)6-7;/h4-6H,1-3H3,(H-,11,12);1H. The molecule has 4 heteroatoms. The Morgan fingerprint density at radius 2 is 1.54 bits per heavy atom. The summed E-state index contributed by atoms with van der Waals surface area (Å²) in [5.74, 6) is -0.146. The Hall–Kier alpha value is -0.740. The van der Waals surface area contributed by atoms with E-state index in [1.807, 2.05) is 21.1 Å². The van der Waals surface area contributed by atoms with Crippen molar-refractivity contribution in [2.24, 2.45) is 0 Å². The largest absolute Gasteiger partial charge is 1.00 e. The van der Waals surface area contributed by atoms with Crippen molar-refractivity contribution in [3.05, 3.63) is 18.2 Å². The predicted molar refractivity (Wildman–Crippen MR) is 49.3 cm³/mol. The monoisotopic (exact) mass is 247 g/mol. The molecule has 3 nitrogen and oxygen atoms in total. The number of phenolic OH excluding ortho intramolecular Hbond substituents is 2. The molecule has 1 rings (SSSR count). The third kappa shape index (κ3) is 2.90. The van der Waals surface area contributed by atoms with Crippen LogP contribution in [0.25, 0.3) is 0 Å². The Morgan fingerprint density at radius 1 is 1.00 bits per heavy atom. The van der Waals surface area contributed by atoms with E-state index in [-0.39, 0.29) is 28.5 Å². The highest BCUT2D eigenvalue weighted by Crippen LogP contribution is 2.30. The molecule has 0 bridgehead atoms. The Labute approximate surface area is 88.6 Å². The summed E-state index contributed by atoms with van der Waals surface area (Å²) < 4.78 is 0.619. The number of rotatable bonds is 1. The molecule has 0 saturated carbocycles. The summed E-state index contributed by atoms with van der Waals surface area (Å²) in [6.07, 6.45) is 0. The van der Waals surface area contributed by atoms with Gasteiger partial charge in [0.1, 0.15) is 5.69 Å². The minimum atomic E-state index is -0.0767. The van der Waals surface area contributed by atoms with E-state index >= 15 is 0 Å². The van der Waals surface area contributed by atoms with E-state index < -0.39 is 0 Å². The van der Waals surface area contributed by atoms with Gasteiger partial charge >= 0.3 is 0 Å². The zero-order chi connectivity index (χ0) is 9.35. The highest BCUT2D eigenvalue weighted by molar-refractivity contribution is 5.52. The van der Waals surface area contributed by atoms with Crippen LogP contribution in [-0.4, -0.2) is 31.4 Å². The second kappa shape index (κ2) is 3.98. The van der Waals surface area contributed by atoms with Gasteiger partial charge in [0, 0.05) is 12.1 Å². The molecule has 0 aliphatic carbocycles. The molecule has 2 N–H and O–H groups in total. The molecular formula is C9H14BrNO2. The second-order valence-electron chi connectivity index (χ2n) is 3.69. The molecular weight excluding hydrogens is 234 g/mol. The number of halogens is 1. The highest BCUT2D eigenvalue weighted by atomic mass is 79.9. The number of hydrogen-bond donors (Lipinski definition) is 2. The minimum absolute atomic E-state index is 0. The number of quaternary nitrogens is 1. The highest BCUT2D eigenvalue weighted by Gasteiger charge is 2.13. The quantitative estimate of drug-likeness (QED) is 0.459. The number of benzene rings is 1. The fourth-order valence-corrected chi connectivity index (χ4v) is 0.929. The third-order valence-corrected chi connectivity index (χ3v) is 1.73. The van der Waals surface area contributed by atoms with Gasteiger partial charge in [0.15, 0.2) is 11.5 Å². The van der Waals surface area contributed by atoms with Crippen LogP contribution < -0.4 is 21.5 Å². The lowest BCUT2D eigenvalue weighted by Crippen LogP contribution is -3.00. The first-order valence-electron chi connectivity index (χ1n) is 3.75. The van der Waals surface area contributed by atoms with Crippen molar-refractivity contribution in [2.45, 2.75) is 0 Å². The lowest BCUT2D eigenvalue weighted by atomic mass is 10.2. The van der Waals surface area contributed by atoms with Gasteiger partial charge in [0.25, 0.3) is 0 Å². The molecule has 0 atom stereocenters. The molecule has 1 aromatic rings. The first kappa shape index (κ1) is 12.3. The Kier molecular flexibility index (Phi) is 3.75. The zero-order valence-electron chi connectivity index (χ0n) is 7.95. The smallest absolute Gasteiger partial charge is 0.163 e. The van der Waals surface area contributed by atoms with Crippen LogP contribution in [0.1, 0.15) is 0 Å². The molecule has 0 spiro atoms. The summed E-state index contributed by atoms with van der Waals surface area (Å²) in [5, 5.41) is 18.3. The van der Waals surface area contributed by atoms with Crippen LogP contribution >= 0.6 is 0 Å². The summed E-state index contributed by atoms with van der Waals surface area (Å²) in [6, 6.07) is 4.85. The van der Waals surface area contributed by atoms with E-state index in [1.165, 1.54) is 6.07 Å². The maximum absolute atomic E-state index is 9.20. The number of phenols is 2. The van der Waals surface area contributed by atoms with Crippen LogP contribution in [0.15, 0.2) is 18.2 Å². The summed E-state index contributed by atoms with van der Waals surface area (Å²) in [4.78, 5) is 0. The Morgan fingerprint density at radius 3 is 1.92 bits per heavy atom. The summed E-state index contributed by atoms with van der Waals surface area (Å²) in [5.41, 5.74) is 0.949. The van der Waals surface area contributed by atoms with Crippen molar-refractivity contribution in [3.63, 3.8) is 0 Å². The van der Waals surface area contributed by atoms with E-state index in [2.05, 4.69) is 0 Å². The minimum Gasteiger partial charge on any atom is -1.00 e. The summed E-state index contributed by atoms with van der Waals surface area (Å²) in [7, 11) is 5.98. The first-order valence-corrected chi connectivity index (χ1v) is 3.75. The van der Waals surface area contributed by atoms with Gasteiger partial charge < -0.3 is 27.2 Å². The van der Waals surface area contributed by atoms with Gasteiger partial charge in [-0.3, -0.25) is 4.48 Å². The van der Waals surface area contributed by atoms with Gasteiger partial charge in [-0.15, -0.1) is 0 Å². The van der Waals surface area contributed by atoms with Gasteiger partial charge in [0.2, 0.25) is 0 Å². The molecule has 0 unspecified atom stereocenters. The fourth-order valence-electron chi connectivity index (χ4n) is 0.929. The lowest BCUT2D eigenvalue weighted by Gasteiger charge is -2.23. The molecule has 0 heterocycles. The van der Waals surface area contributed by atoms with Gasteiger partial charge in [-0.2, -0.15) is 0 Å². The van der Waals surface area contributed by atoms with Gasteiger partial charge in [-0.1, -0.05) is 0 Å². The average Bonchev–Trinajstić information content (AvgIpc) is 1.92. The Bertz CT molecular complexity index is 294. The van der Waals surface area contributed by atoms with Crippen LogP contribution in [0.2, 0.25) is 0 Å². The van der Waals surface area contributed by atoms with Crippen molar-refractivity contribution in [1.29, 1.82) is 0 Å². The SMILES string of the molecule is C[N+](C)(C)c1ccc(O)c(O)c1.[Br-]. The van der Waals surface area contributed by atoms with Crippen LogP contribution in [0, 0.1) is 0 Å². The van der Waals surface area contributed by atoms with Gasteiger partial charge in [-0.25, -0.2) is 0 Å². The predicted octanol–water partition coefficient (Wildman–Crippen LogP) is -1.70. The van der Waals surface area contributed by atoms with Crippen molar-refractivity contribution in [1.82, 2.24) is 4.48 Å². The topological polar surface area (TPSA) is 40.5 Å². The average molecular weight is 248 g/mol. The van der Waals surface area contributed by atoms with E-state index in [1.54, 1.807) is 12.1 Å². The van der Waals surface area contributed by atoms with E-state index in [0.717, 1.165) is 5.69 Å². The maximum atomic E-state index is 9.20. The molecule has 0 amide bonds. The normalized spacial score (nSPS) is 10.7. The summed E-state index contributed by atoms with van der Waals surface area (Å²) in [6.45, 7) is 0. The van der Waals surface area contributed by atoms with E-state index in [4.69, 9.17) is 5.11 Å². The van der Waals surface area contributed by atoms with Crippen molar-refractivity contribution < 1.29 is 27.2 Å². The number of nitrogens with zero attached hydrogens (tertiary/aromatic N) is 1. The fraction of sp³-hybridized carbons (Fsp3) is 0.333. The van der Waals surface area contributed by atoms with Crippen LogP contribution in [-0.2, 0) is 0 Å². The van der Waals surface area contributed by atoms with Gasteiger partial charge in [-0.05, 0) is 6.07 Å². The lowest BCUT2D eigenvalue weighted by molar-refractivity contribution is -0.00000455. The molecule has 0 fully saturated rings. The first-order chi connectivity index (χ1) is 5.41. The molecule has 1 aromatic carbocycles.